The number of nitrogens with one attached hydrogen (secondary N) is 1. The monoisotopic (exact) mass is 302 g/mol. The van der Waals surface area contributed by atoms with Gasteiger partial charge in [0, 0.05) is 22.3 Å². The van der Waals surface area contributed by atoms with Gasteiger partial charge in [-0.15, -0.1) is 0 Å². The number of phenolic OH excluding ortho intramolecular Hbond substituents is 1. The van der Waals surface area contributed by atoms with Gasteiger partial charge < -0.3 is 10.1 Å². The molecule has 90 valence electrons. The maximum atomic E-state index is 9.47. The molecular formula is C14H11BrN2O. The second-order valence-electron chi connectivity index (χ2n) is 4.21. The first-order valence-corrected chi connectivity index (χ1v) is 6.41. The van der Waals surface area contributed by atoms with Gasteiger partial charge >= 0.3 is 0 Å². The van der Waals surface area contributed by atoms with Gasteiger partial charge in [-0.1, -0.05) is 12.1 Å². The maximum Gasteiger partial charge on any atom is 0.137 e. The van der Waals surface area contributed by atoms with E-state index in [2.05, 4.69) is 32.0 Å². The molecule has 3 aromatic rings. The third-order valence-electron chi connectivity index (χ3n) is 2.89. The van der Waals surface area contributed by atoms with Crippen molar-refractivity contribution in [3.05, 3.63) is 58.3 Å². The number of aromatic hydroxyl groups is 1. The molecule has 4 heteroatoms. The minimum atomic E-state index is 0.298. The molecule has 0 unspecified atom stereocenters. The number of hydrogen-bond acceptors (Lipinski definition) is 2. The van der Waals surface area contributed by atoms with Crippen LogP contribution in [0.4, 0.5) is 0 Å². The average molecular weight is 303 g/mol. The lowest BCUT2D eigenvalue weighted by Crippen LogP contribution is -1.86. The first-order chi connectivity index (χ1) is 8.72. The van der Waals surface area contributed by atoms with Gasteiger partial charge in [-0.2, -0.15) is 0 Å². The lowest BCUT2D eigenvalue weighted by molar-refractivity contribution is 0.474. The minimum Gasteiger partial charge on any atom is -0.508 e. The summed E-state index contributed by atoms with van der Waals surface area (Å²) in [4.78, 5) is 7.46. The molecule has 0 amide bonds. The van der Waals surface area contributed by atoms with Crippen LogP contribution < -0.4 is 0 Å². The van der Waals surface area contributed by atoms with Crippen molar-refractivity contribution in [2.45, 2.75) is 6.42 Å². The summed E-state index contributed by atoms with van der Waals surface area (Å²) in [6.45, 7) is 0. The molecular weight excluding hydrogens is 292 g/mol. The third kappa shape index (κ3) is 2.11. The summed E-state index contributed by atoms with van der Waals surface area (Å²) < 4.78 is 0.965. The van der Waals surface area contributed by atoms with Gasteiger partial charge in [0.2, 0.25) is 0 Å². The van der Waals surface area contributed by atoms with Crippen LogP contribution in [0, 0.1) is 0 Å². The zero-order valence-corrected chi connectivity index (χ0v) is 11.1. The molecule has 0 saturated heterocycles. The number of aromatic amines is 1. The Labute approximate surface area is 113 Å². The number of benzene rings is 1. The van der Waals surface area contributed by atoms with Crippen LogP contribution >= 0.6 is 15.9 Å². The Morgan fingerprint density at radius 1 is 1.28 bits per heavy atom. The van der Waals surface area contributed by atoms with Crippen LogP contribution in [-0.4, -0.2) is 15.1 Å². The summed E-state index contributed by atoms with van der Waals surface area (Å²) >= 11 is 3.43. The Hall–Kier alpha value is -1.81. The number of phenols is 1. The number of aromatic nitrogens is 2. The van der Waals surface area contributed by atoms with Crippen molar-refractivity contribution in [2.24, 2.45) is 0 Å². The van der Waals surface area contributed by atoms with E-state index in [4.69, 9.17) is 0 Å². The van der Waals surface area contributed by atoms with E-state index in [-0.39, 0.29) is 0 Å². The molecule has 3 rings (SSSR count). The lowest BCUT2D eigenvalue weighted by atomic mass is 10.1. The Kier molecular flexibility index (Phi) is 2.80. The van der Waals surface area contributed by atoms with Gasteiger partial charge in [0.05, 0.1) is 0 Å². The molecule has 0 fully saturated rings. The Morgan fingerprint density at radius 3 is 3.00 bits per heavy atom. The quantitative estimate of drug-likeness (QED) is 0.759. The number of nitrogens with zero attached hydrogens (tertiary/aromatic N) is 1. The van der Waals surface area contributed by atoms with Crippen LogP contribution in [0.2, 0.25) is 0 Å². The van der Waals surface area contributed by atoms with Gasteiger partial charge in [-0.05, 0) is 51.7 Å². The molecule has 2 aromatic heterocycles. The van der Waals surface area contributed by atoms with Gasteiger partial charge in [0.1, 0.15) is 11.4 Å². The Bertz CT molecular complexity index is 706. The summed E-state index contributed by atoms with van der Waals surface area (Å²) in [5.74, 6) is 0.298. The van der Waals surface area contributed by atoms with Gasteiger partial charge in [0.25, 0.3) is 0 Å². The van der Waals surface area contributed by atoms with E-state index in [1.54, 1.807) is 18.3 Å². The first-order valence-electron chi connectivity index (χ1n) is 5.62. The summed E-state index contributed by atoms with van der Waals surface area (Å²) in [6.07, 6.45) is 4.51. The molecule has 18 heavy (non-hydrogen) atoms. The summed E-state index contributed by atoms with van der Waals surface area (Å²) in [6, 6.07) is 9.37. The zero-order chi connectivity index (χ0) is 12.5. The van der Waals surface area contributed by atoms with Crippen molar-refractivity contribution in [1.82, 2.24) is 9.97 Å². The highest BCUT2D eigenvalue weighted by molar-refractivity contribution is 9.10. The fourth-order valence-corrected chi connectivity index (χ4v) is 2.40. The van der Waals surface area contributed by atoms with E-state index in [0.29, 0.717) is 5.75 Å². The predicted octanol–water partition coefficient (Wildman–Crippen LogP) is 3.62. The second kappa shape index (κ2) is 4.46. The van der Waals surface area contributed by atoms with Gasteiger partial charge in [-0.3, -0.25) is 0 Å². The average Bonchev–Trinajstić information content (AvgIpc) is 2.72. The Morgan fingerprint density at radius 2 is 2.17 bits per heavy atom. The van der Waals surface area contributed by atoms with Crippen LogP contribution in [0.3, 0.4) is 0 Å². The van der Waals surface area contributed by atoms with E-state index in [0.717, 1.165) is 27.5 Å². The number of H-pyrrole nitrogens is 1. The Balaban J connectivity index is 2.02. The molecule has 0 aliphatic heterocycles. The summed E-state index contributed by atoms with van der Waals surface area (Å²) in [5, 5.41) is 10.6. The van der Waals surface area contributed by atoms with Crippen molar-refractivity contribution in [3.8, 4) is 5.75 Å². The largest absolute Gasteiger partial charge is 0.508 e. The zero-order valence-electron chi connectivity index (χ0n) is 9.52. The highest BCUT2D eigenvalue weighted by atomic mass is 79.9. The van der Waals surface area contributed by atoms with Gasteiger partial charge in [-0.25, -0.2) is 4.98 Å². The fraction of sp³-hybridized carbons (Fsp3) is 0.0714. The molecule has 2 heterocycles. The van der Waals surface area contributed by atoms with Crippen molar-refractivity contribution < 1.29 is 5.11 Å². The normalized spacial score (nSPS) is 10.9. The highest BCUT2D eigenvalue weighted by Crippen LogP contribution is 2.23. The number of rotatable bonds is 2. The molecule has 0 saturated carbocycles. The number of halogens is 1. The topological polar surface area (TPSA) is 48.9 Å². The van der Waals surface area contributed by atoms with E-state index < -0.39 is 0 Å². The predicted molar refractivity (Wildman–Crippen MR) is 74.7 cm³/mol. The van der Waals surface area contributed by atoms with Crippen LogP contribution in [0.15, 0.2) is 47.2 Å². The SMILES string of the molecule is Oc1cccc(Cc2c[nH]c3ncc(Br)cc23)c1. The van der Waals surface area contributed by atoms with Gasteiger partial charge in [0.15, 0.2) is 0 Å². The van der Waals surface area contributed by atoms with E-state index in [1.165, 1.54) is 5.56 Å². The molecule has 0 spiro atoms. The lowest BCUT2D eigenvalue weighted by Gasteiger charge is -2.01. The van der Waals surface area contributed by atoms with Crippen LogP contribution in [-0.2, 0) is 6.42 Å². The van der Waals surface area contributed by atoms with Crippen molar-refractivity contribution in [1.29, 1.82) is 0 Å². The molecule has 0 atom stereocenters. The minimum absolute atomic E-state index is 0.298. The van der Waals surface area contributed by atoms with Crippen LogP contribution in [0.25, 0.3) is 11.0 Å². The maximum absolute atomic E-state index is 9.47. The van der Waals surface area contributed by atoms with E-state index in [9.17, 15) is 5.11 Å². The van der Waals surface area contributed by atoms with Crippen LogP contribution in [0.1, 0.15) is 11.1 Å². The summed E-state index contributed by atoms with van der Waals surface area (Å²) in [5.41, 5.74) is 3.13. The van der Waals surface area contributed by atoms with E-state index in [1.807, 2.05) is 18.3 Å². The third-order valence-corrected chi connectivity index (χ3v) is 3.32. The van der Waals surface area contributed by atoms with Crippen molar-refractivity contribution >= 4 is 27.0 Å². The highest BCUT2D eigenvalue weighted by Gasteiger charge is 2.06. The second-order valence-corrected chi connectivity index (χ2v) is 5.13. The standard InChI is InChI=1S/C14H11BrN2O/c15-11-6-13-10(7-16-14(13)17-8-11)4-9-2-1-3-12(18)5-9/h1-3,5-8,18H,4H2,(H,16,17). The van der Waals surface area contributed by atoms with E-state index >= 15 is 0 Å². The molecule has 0 bridgehead atoms. The van der Waals surface area contributed by atoms with Crippen molar-refractivity contribution in [3.63, 3.8) is 0 Å². The molecule has 0 aliphatic carbocycles. The molecule has 2 N–H and O–H groups in total. The fourth-order valence-electron chi connectivity index (χ4n) is 2.06. The molecule has 0 radical (unpaired) electrons. The molecule has 1 aromatic carbocycles. The smallest absolute Gasteiger partial charge is 0.137 e. The molecule has 0 aliphatic rings. The number of fused-ring (bicyclic) bond motifs is 1. The summed E-state index contributed by atoms with van der Waals surface area (Å²) in [7, 11) is 0. The first kappa shape index (κ1) is 11.3. The molecule has 3 nitrogen and oxygen atoms in total. The van der Waals surface area contributed by atoms with Crippen molar-refractivity contribution in [2.75, 3.05) is 0 Å². The van der Waals surface area contributed by atoms with Crippen LogP contribution in [0.5, 0.6) is 5.75 Å². The number of pyridine rings is 1. The number of hydrogen-bond donors (Lipinski definition) is 2.